The summed E-state index contributed by atoms with van der Waals surface area (Å²) in [6, 6.07) is 21.6. The van der Waals surface area contributed by atoms with Crippen molar-refractivity contribution in [3.63, 3.8) is 0 Å². The Bertz CT molecular complexity index is 1310. The number of hydrogen-bond donors (Lipinski definition) is 0. The molecule has 4 aromatic rings. The molecule has 0 saturated carbocycles. The minimum absolute atomic E-state index is 0.231. The molecule has 0 atom stereocenters. The van der Waals surface area contributed by atoms with Crippen molar-refractivity contribution in [2.75, 3.05) is 0 Å². The first-order chi connectivity index (χ1) is 13.9. The lowest BCUT2D eigenvalue weighted by Gasteiger charge is -2.12. The topological polar surface area (TPSA) is 56.1 Å². The maximum absolute atomic E-state index is 13.6. The van der Waals surface area contributed by atoms with Gasteiger partial charge >= 0.3 is 0 Å². The molecule has 0 saturated heterocycles. The van der Waals surface area contributed by atoms with Crippen molar-refractivity contribution >= 4 is 39.0 Å². The van der Waals surface area contributed by atoms with Gasteiger partial charge in [0, 0.05) is 15.8 Å². The molecule has 6 heteroatoms. The number of hydrogen-bond acceptors (Lipinski definition) is 4. The van der Waals surface area contributed by atoms with Gasteiger partial charge in [0.05, 0.1) is 15.4 Å². The predicted octanol–water partition coefficient (Wildman–Crippen LogP) is 5.46. The third kappa shape index (κ3) is 3.50. The van der Waals surface area contributed by atoms with E-state index in [1.165, 1.54) is 15.7 Å². The van der Waals surface area contributed by atoms with E-state index in [2.05, 4.69) is 0 Å². The van der Waals surface area contributed by atoms with Gasteiger partial charge in [-0.2, -0.15) is 0 Å². The van der Waals surface area contributed by atoms with Crippen LogP contribution in [0.5, 0.6) is 0 Å². The average Bonchev–Trinajstić information content (AvgIpc) is 3.01. The number of aryl methyl sites for hydroxylation is 2. The molecule has 0 amide bonds. The number of fused-ring (bicyclic) bond motifs is 1. The molecule has 0 aliphatic rings. The number of benzene rings is 3. The zero-order valence-electron chi connectivity index (χ0n) is 16.0. The number of nitrogens with zero attached hydrogens (tertiary/aromatic N) is 1. The van der Waals surface area contributed by atoms with Crippen molar-refractivity contribution in [1.29, 1.82) is 0 Å². The summed E-state index contributed by atoms with van der Waals surface area (Å²) in [5.74, 6) is 0. The Balaban J connectivity index is 2.01. The van der Waals surface area contributed by atoms with E-state index in [1.54, 1.807) is 42.5 Å². The highest BCUT2D eigenvalue weighted by molar-refractivity contribution is 8.00. The summed E-state index contributed by atoms with van der Waals surface area (Å²) < 4.78 is 28.6. The van der Waals surface area contributed by atoms with Crippen molar-refractivity contribution in [2.24, 2.45) is 0 Å². The van der Waals surface area contributed by atoms with E-state index in [0.717, 1.165) is 27.7 Å². The van der Waals surface area contributed by atoms with Gasteiger partial charge in [0.25, 0.3) is 10.0 Å². The average molecular weight is 422 g/mol. The van der Waals surface area contributed by atoms with E-state index in [-0.39, 0.29) is 4.90 Å². The van der Waals surface area contributed by atoms with Gasteiger partial charge in [-0.3, -0.25) is 4.79 Å². The molecule has 1 heterocycles. The van der Waals surface area contributed by atoms with Crippen molar-refractivity contribution in [3.05, 3.63) is 89.5 Å². The fourth-order valence-corrected chi connectivity index (χ4v) is 6.08. The molecule has 3 aromatic carbocycles. The summed E-state index contributed by atoms with van der Waals surface area (Å²) in [7, 11) is -3.82. The lowest BCUT2D eigenvalue weighted by molar-refractivity contribution is 0.112. The third-order valence-corrected chi connectivity index (χ3v) is 7.84. The summed E-state index contributed by atoms with van der Waals surface area (Å²) in [6.45, 7) is 3.81. The molecule has 29 heavy (non-hydrogen) atoms. The first kappa shape index (κ1) is 19.5. The van der Waals surface area contributed by atoms with Gasteiger partial charge in [-0.05, 0) is 61.9 Å². The molecule has 0 spiro atoms. The summed E-state index contributed by atoms with van der Waals surface area (Å²) in [5.41, 5.74) is 2.90. The van der Waals surface area contributed by atoms with E-state index in [4.69, 9.17) is 0 Å². The Morgan fingerprint density at radius 2 is 1.59 bits per heavy atom. The van der Waals surface area contributed by atoms with Crippen LogP contribution < -0.4 is 0 Å². The Kier molecular flexibility index (Phi) is 5.06. The van der Waals surface area contributed by atoms with Crippen LogP contribution >= 0.6 is 11.8 Å². The Morgan fingerprint density at radius 1 is 0.897 bits per heavy atom. The monoisotopic (exact) mass is 421 g/mol. The van der Waals surface area contributed by atoms with E-state index in [1.807, 2.05) is 44.2 Å². The van der Waals surface area contributed by atoms with E-state index >= 15 is 0 Å². The fourth-order valence-electron chi connectivity index (χ4n) is 3.25. The van der Waals surface area contributed by atoms with Gasteiger partial charge < -0.3 is 0 Å². The van der Waals surface area contributed by atoms with Crippen LogP contribution in [0.25, 0.3) is 10.9 Å². The number of carbonyl (C=O) groups is 1. The summed E-state index contributed by atoms with van der Waals surface area (Å²) in [5, 5.41) is 1.37. The SMILES string of the molecule is Cc1ccc(S(=O)(=O)n2c(Sc3ccccc3)c(C)c3cc(C=O)ccc32)cc1. The molecule has 0 bridgehead atoms. The highest BCUT2D eigenvalue weighted by Crippen LogP contribution is 2.39. The fraction of sp³-hybridized carbons (Fsp3) is 0.0870. The molecule has 4 nitrogen and oxygen atoms in total. The maximum atomic E-state index is 13.6. The zero-order chi connectivity index (χ0) is 20.6. The molecule has 0 fully saturated rings. The summed E-state index contributed by atoms with van der Waals surface area (Å²) in [4.78, 5) is 12.4. The van der Waals surface area contributed by atoms with Crippen molar-refractivity contribution in [2.45, 2.75) is 28.7 Å². The van der Waals surface area contributed by atoms with Gasteiger partial charge in [-0.25, -0.2) is 12.4 Å². The second-order valence-electron chi connectivity index (χ2n) is 6.82. The minimum Gasteiger partial charge on any atom is -0.298 e. The highest BCUT2D eigenvalue weighted by atomic mass is 32.2. The molecule has 4 rings (SSSR count). The number of aldehydes is 1. The Labute approximate surface area is 174 Å². The summed E-state index contributed by atoms with van der Waals surface area (Å²) in [6.07, 6.45) is 0.773. The van der Waals surface area contributed by atoms with E-state index < -0.39 is 10.0 Å². The number of rotatable bonds is 5. The van der Waals surface area contributed by atoms with Crippen LogP contribution in [0.1, 0.15) is 21.5 Å². The smallest absolute Gasteiger partial charge is 0.269 e. The lowest BCUT2D eigenvalue weighted by Crippen LogP contribution is -2.14. The van der Waals surface area contributed by atoms with Crippen molar-refractivity contribution in [1.82, 2.24) is 3.97 Å². The largest absolute Gasteiger partial charge is 0.298 e. The standard InChI is InChI=1S/C23H19NO3S2/c1-16-8-11-20(12-9-16)29(26,27)24-22-13-10-18(15-25)14-21(22)17(2)23(24)28-19-6-4-3-5-7-19/h3-15H,1-2H3. The van der Waals surface area contributed by atoms with E-state index in [0.29, 0.717) is 16.1 Å². The van der Waals surface area contributed by atoms with Crippen molar-refractivity contribution in [3.8, 4) is 0 Å². The molecule has 0 aliphatic carbocycles. The van der Waals surface area contributed by atoms with Gasteiger partial charge in [0.2, 0.25) is 0 Å². The molecule has 0 aliphatic heterocycles. The molecular formula is C23H19NO3S2. The molecule has 0 N–H and O–H groups in total. The van der Waals surface area contributed by atoms with Crippen LogP contribution in [0.3, 0.4) is 0 Å². The molecule has 146 valence electrons. The first-order valence-electron chi connectivity index (χ1n) is 9.07. The first-order valence-corrected chi connectivity index (χ1v) is 11.3. The third-order valence-electron chi connectivity index (χ3n) is 4.80. The number of carbonyl (C=O) groups excluding carboxylic acids is 1. The van der Waals surface area contributed by atoms with Gasteiger partial charge in [-0.1, -0.05) is 47.7 Å². The Hall–Kier alpha value is -2.83. The van der Waals surface area contributed by atoms with Crippen LogP contribution in [0.4, 0.5) is 0 Å². The predicted molar refractivity (Wildman–Crippen MR) is 116 cm³/mol. The second kappa shape index (κ2) is 7.54. The highest BCUT2D eigenvalue weighted by Gasteiger charge is 2.26. The van der Waals surface area contributed by atoms with Crippen molar-refractivity contribution < 1.29 is 13.2 Å². The summed E-state index contributed by atoms with van der Waals surface area (Å²) >= 11 is 1.40. The normalized spacial score (nSPS) is 11.7. The minimum atomic E-state index is -3.82. The van der Waals surface area contributed by atoms with Gasteiger partial charge in [0.1, 0.15) is 6.29 Å². The van der Waals surface area contributed by atoms with Crippen LogP contribution in [-0.2, 0) is 10.0 Å². The quantitative estimate of drug-likeness (QED) is 0.402. The van der Waals surface area contributed by atoms with E-state index in [9.17, 15) is 13.2 Å². The molecular weight excluding hydrogens is 402 g/mol. The molecule has 0 radical (unpaired) electrons. The maximum Gasteiger partial charge on any atom is 0.269 e. The zero-order valence-corrected chi connectivity index (χ0v) is 17.6. The van der Waals surface area contributed by atoms with Crippen LogP contribution in [0.15, 0.2) is 87.6 Å². The Morgan fingerprint density at radius 3 is 2.24 bits per heavy atom. The van der Waals surface area contributed by atoms with Gasteiger partial charge in [0.15, 0.2) is 0 Å². The van der Waals surface area contributed by atoms with Crippen LogP contribution in [0, 0.1) is 13.8 Å². The van der Waals surface area contributed by atoms with Crippen LogP contribution in [0.2, 0.25) is 0 Å². The van der Waals surface area contributed by atoms with Crippen LogP contribution in [-0.4, -0.2) is 18.7 Å². The molecule has 0 unspecified atom stereocenters. The molecule has 1 aromatic heterocycles. The lowest BCUT2D eigenvalue weighted by atomic mass is 10.1. The van der Waals surface area contributed by atoms with Gasteiger partial charge in [-0.15, -0.1) is 0 Å². The number of aromatic nitrogens is 1. The second-order valence-corrected chi connectivity index (χ2v) is 9.67.